The number of aliphatic hydroxyl groups excluding tert-OH is 1. The van der Waals surface area contributed by atoms with Crippen LogP contribution >= 0.6 is 11.3 Å². The molecule has 0 aliphatic heterocycles. The number of hydrogen-bond donors (Lipinski definition) is 2. The van der Waals surface area contributed by atoms with Gasteiger partial charge in [0.25, 0.3) is 0 Å². The van der Waals surface area contributed by atoms with E-state index < -0.39 is 0 Å². The van der Waals surface area contributed by atoms with Crippen LogP contribution < -0.4 is 0 Å². The standard InChI is InChI=1S/C18H20N4O4S/c1-3-21(8-9-23)14(12-7-6-11(2)26-12)15-17(24)22-18(27-15)19-16(20-22)13-5-4-10-25-13/h4-7,10,14,23-24H,3,8-9H2,1-2H3. The Labute approximate surface area is 159 Å². The number of likely N-dealkylation sites (N-methyl/N-ethyl adjacent to an activating group) is 1. The Balaban J connectivity index is 1.80. The largest absolute Gasteiger partial charge is 0.492 e. The van der Waals surface area contributed by atoms with Gasteiger partial charge in [-0.3, -0.25) is 4.90 Å². The molecule has 9 heteroatoms. The van der Waals surface area contributed by atoms with Crippen molar-refractivity contribution in [2.24, 2.45) is 0 Å². The Kier molecular flexibility index (Phi) is 4.73. The van der Waals surface area contributed by atoms with E-state index in [0.717, 1.165) is 5.76 Å². The van der Waals surface area contributed by atoms with Crippen LogP contribution in [0.1, 0.15) is 29.4 Å². The van der Waals surface area contributed by atoms with Gasteiger partial charge in [-0.15, -0.1) is 5.10 Å². The van der Waals surface area contributed by atoms with E-state index in [1.54, 1.807) is 18.4 Å². The second-order valence-electron chi connectivity index (χ2n) is 6.10. The summed E-state index contributed by atoms with van der Waals surface area (Å²) in [5.74, 6) is 2.46. The van der Waals surface area contributed by atoms with Crippen LogP contribution in [0.15, 0.2) is 39.4 Å². The summed E-state index contributed by atoms with van der Waals surface area (Å²) in [6.45, 7) is 5.01. The van der Waals surface area contributed by atoms with Crippen LogP contribution in [0.4, 0.5) is 0 Å². The first-order valence-electron chi connectivity index (χ1n) is 8.66. The molecule has 0 saturated heterocycles. The smallest absolute Gasteiger partial charge is 0.230 e. The summed E-state index contributed by atoms with van der Waals surface area (Å²) in [6.07, 6.45) is 1.55. The highest BCUT2D eigenvalue weighted by molar-refractivity contribution is 7.17. The van der Waals surface area contributed by atoms with E-state index in [4.69, 9.17) is 8.83 Å². The molecule has 1 atom stereocenters. The first-order chi connectivity index (χ1) is 13.1. The van der Waals surface area contributed by atoms with E-state index in [0.29, 0.717) is 40.3 Å². The number of rotatable bonds is 7. The third-order valence-corrected chi connectivity index (χ3v) is 5.45. The van der Waals surface area contributed by atoms with Crippen molar-refractivity contribution < 1.29 is 19.0 Å². The molecule has 2 N–H and O–H groups in total. The molecular weight excluding hydrogens is 368 g/mol. The van der Waals surface area contributed by atoms with E-state index >= 15 is 0 Å². The van der Waals surface area contributed by atoms with Gasteiger partial charge in [0, 0.05) is 6.54 Å². The molecule has 0 aliphatic rings. The summed E-state index contributed by atoms with van der Waals surface area (Å²) in [5.41, 5.74) is 0. The fourth-order valence-electron chi connectivity index (χ4n) is 3.11. The third-order valence-electron chi connectivity index (χ3n) is 4.38. The highest BCUT2D eigenvalue weighted by atomic mass is 32.1. The number of aryl methyl sites for hydroxylation is 1. The topological polar surface area (TPSA) is 100 Å². The van der Waals surface area contributed by atoms with Gasteiger partial charge in [0.1, 0.15) is 17.6 Å². The Morgan fingerprint density at radius 1 is 1.33 bits per heavy atom. The maximum absolute atomic E-state index is 10.9. The Bertz CT molecular complexity index is 1030. The molecule has 4 aromatic heterocycles. The molecule has 0 saturated carbocycles. The minimum Gasteiger partial charge on any atom is -0.492 e. The molecule has 0 radical (unpaired) electrons. The van der Waals surface area contributed by atoms with Crippen molar-refractivity contribution in [3.05, 3.63) is 46.9 Å². The number of aromatic hydroxyl groups is 1. The molecule has 0 aromatic carbocycles. The zero-order valence-electron chi connectivity index (χ0n) is 15.0. The monoisotopic (exact) mass is 388 g/mol. The van der Waals surface area contributed by atoms with Gasteiger partial charge in [-0.05, 0) is 37.7 Å². The molecule has 0 spiro atoms. The number of hydrogen-bond acceptors (Lipinski definition) is 8. The summed E-state index contributed by atoms with van der Waals surface area (Å²) in [7, 11) is 0. The molecule has 27 heavy (non-hydrogen) atoms. The highest BCUT2D eigenvalue weighted by Gasteiger charge is 2.31. The second-order valence-corrected chi connectivity index (χ2v) is 7.11. The van der Waals surface area contributed by atoms with Crippen LogP contribution in [-0.2, 0) is 0 Å². The molecule has 0 aliphatic carbocycles. The van der Waals surface area contributed by atoms with Crippen molar-refractivity contribution in [1.29, 1.82) is 0 Å². The summed E-state index contributed by atoms with van der Waals surface area (Å²) >= 11 is 1.34. The van der Waals surface area contributed by atoms with Crippen molar-refractivity contribution in [3.8, 4) is 17.5 Å². The van der Waals surface area contributed by atoms with E-state index in [-0.39, 0.29) is 18.5 Å². The summed E-state index contributed by atoms with van der Waals surface area (Å²) < 4.78 is 12.6. The van der Waals surface area contributed by atoms with Crippen LogP contribution in [0.2, 0.25) is 0 Å². The zero-order chi connectivity index (χ0) is 19.0. The van der Waals surface area contributed by atoms with Crippen molar-refractivity contribution in [3.63, 3.8) is 0 Å². The van der Waals surface area contributed by atoms with Crippen molar-refractivity contribution in [2.75, 3.05) is 19.7 Å². The first-order valence-corrected chi connectivity index (χ1v) is 9.47. The molecule has 1 unspecified atom stereocenters. The van der Waals surface area contributed by atoms with Crippen molar-refractivity contribution in [2.45, 2.75) is 19.9 Å². The van der Waals surface area contributed by atoms with Crippen LogP contribution in [0, 0.1) is 6.92 Å². The molecule has 0 bridgehead atoms. The number of aromatic nitrogens is 3. The van der Waals surface area contributed by atoms with Gasteiger partial charge in [0.15, 0.2) is 5.76 Å². The Morgan fingerprint density at radius 3 is 2.78 bits per heavy atom. The van der Waals surface area contributed by atoms with Crippen LogP contribution in [-0.4, -0.2) is 49.4 Å². The molecule has 0 fully saturated rings. The van der Waals surface area contributed by atoms with Crippen molar-refractivity contribution in [1.82, 2.24) is 19.5 Å². The maximum atomic E-state index is 10.9. The maximum Gasteiger partial charge on any atom is 0.230 e. The van der Waals surface area contributed by atoms with E-state index in [9.17, 15) is 10.2 Å². The van der Waals surface area contributed by atoms with Crippen molar-refractivity contribution >= 4 is 16.3 Å². The lowest BCUT2D eigenvalue weighted by Gasteiger charge is -2.27. The SMILES string of the molecule is CCN(CCO)C(c1ccc(C)o1)c1sc2nc(-c3ccco3)nn2c1O. The number of fused-ring (bicyclic) bond motifs is 1. The van der Waals surface area contributed by atoms with Gasteiger partial charge < -0.3 is 19.0 Å². The van der Waals surface area contributed by atoms with Gasteiger partial charge in [-0.25, -0.2) is 0 Å². The van der Waals surface area contributed by atoms with E-state index in [1.807, 2.05) is 30.9 Å². The van der Waals surface area contributed by atoms with Crippen LogP contribution in [0.25, 0.3) is 16.5 Å². The molecule has 8 nitrogen and oxygen atoms in total. The van der Waals surface area contributed by atoms with Crippen LogP contribution in [0.5, 0.6) is 5.88 Å². The van der Waals surface area contributed by atoms with Gasteiger partial charge in [-0.1, -0.05) is 18.3 Å². The quantitative estimate of drug-likeness (QED) is 0.502. The average Bonchev–Trinajstić information content (AvgIpc) is 3.42. The van der Waals surface area contributed by atoms with E-state index in [2.05, 4.69) is 10.1 Å². The van der Waals surface area contributed by atoms with E-state index in [1.165, 1.54) is 15.9 Å². The summed E-state index contributed by atoms with van der Waals surface area (Å²) in [6, 6.07) is 6.98. The fraction of sp³-hybridized carbons (Fsp3) is 0.333. The molecule has 4 heterocycles. The predicted molar refractivity (Wildman–Crippen MR) is 99.9 cm³/mol. The average molecular weight is 388 g/mol. The number of thiazole rings is 1. The summed E-state index contributed by atoms with van der Waals surface area (Å²) in [4.78, 5) is 7.73. The lowest BCUT2D eigenvalue weighted by Crippen LogP contribution is -2.31. The van der Waals surface area contributed by atoms with Gasteiger partial charge in [0.05, 0.1) is 17.7 Å². The third kappa shape index (κ3) is 3.14. The molecular formula is C18H20N4O4S. The Morgan fingerprint density at radius 2 is 2.19 bits per heavy atom. The summed E-state index contributed by atoms with van der Waals surface area (Å²) in [5, 5.41) is 24.7. The molecule has 142 valence electrons. The Hall–Kier alpha value is -2.62. The number of nitrogens with zero attached hydrogens (tertiary/aromatic N) is 4. The number of furan rings is 2. The highest BCUT2D eigenvalue weighted by Crippen LogP contribution is 2.40. The molecule has 4 rings (SSSR count). The first kappa shape index (κ1) is 17.8. The predicted octanol–water partition coefficient (Wildman–Crippen LogP) is 3.06. The lowest BCUT2D eigenvalue weighted by atomic mass is 10.1. The molecule has 0 amide bonds. The van der Waals surface area contributed by atoms with Gasteiger partial charge in [0.2, 0.25) is 16.7 Å². The number of aliphatic hydroxyl groups is 1. The van der Waals surface area contributed by atoms with Crippen LogP contribution in [0.3, 0.4) is 0 Å². The second kappa shape index (κ2) is 7.18. The zero-order valence-corrected chi connectivity index (χ0v) is 15.8. The van der Waals surface area contributed by atoms with Gasteiger partial charge in [-0.2, -0.15) is 9.50 Å². The normalized spacial score (nSPS) is 13.0. The van der Waals surface area contributed by atoms with Gasteiger partial charge >= 0.3 is 0 Å². The minimum atomic E-state index is -0.337. The lowest BCUT2D eigenvalue weighted by molar-refractivity contribution is 0.161. The molecule has 4 aromatic rings. The fourth-order valence-corrected chi connectivity index (χ4v) is 4.21. The minimum absolute atomic E-state index is 0.00813.